The summed E-state index contributed by atoms with van der Waals surface area (Å²) < 4.78 is 10.5. The van der Waals surface area contributed by atoms with E-state index >= 15 is 0 Å². The number of nitrogens with one attached hydrogen (secondary N) is 1. The van der Waals surface area contributed by atoms with Gasteiger partial charge in [-0.2, -0.15) is 0 Å². The molecule has 1 aromatic carbocycles. The van der Waals surface area contributed by atoms with Crippen molar-refractivity contribution in [3.8, 4) is 5.75 Å². The van der Waals surface area contributed by atoms with Crippen LogP contribution >= 0.6 is 0 Å². The third kappa shape index (κ3) is 6.58. The first-order valence-electron chi connectivity index (χ1n) is 9.14. The van der Waals surface area contributed by atoms with Gasteiger partial charge in [0.25, 0.3) is 0 Å². The summed E-state index contributed by atoms with van der Waals surface area (Å²) in [5.74, 6) is 1.16. The van der Waals surface area contributed by atoms with Gasteiger partial charge >= 0.3 is 6.09 Å². The van der Waals surface area contributed by atoms with E-state index in [1.54, 1.807) is 12.0 Å². The molecule has 6 nitrogen and oxygen atoms in total. The quantitative estimate of drug-likeness (QED) is 0.872. The molecule has 1 aliphatic heterocycles. The van der Waals surface area contributed by atoms with Gasteiger partial charge in [0.2, 0.25) is 5.91 Å². The number of rotatable bonds is 5. The minimum Gasteiger partial charge on any atom is -0.497 e. The Kier molecular flexibility index (Phi) is 6.89. The number of benzene rings is 1. The summed E-state index contributed by atoms with van der Waals surface area (Å²) in [5.41, 5.74) is 0.564. The molecule has 1 aliphatic rings. The summed E-state index contributed by atoms with van der Waals surface area (Å²) in [6.45, 7) is 7.40. The molecule has 0 unspecified atom stereocenters. The number of piperidine rings is 1. The lowest BCUT2D eigenvalue weighted by Crippen LogP contribution is -2.42. The predicted octanol–water partition coefficient (Wildman–Crippen LogP) is 3.35. The van der Waals surface area contributed by atoms with Crippen LogP contribution in [0.15, 0.2) is 24.3 Å². The fraction of sp³-hybridized carbons (Fsp3) is 0.600. The maximum absolute atomic E-state index is 12.2. The first-order chi connectivity index (χ1) is 12.3. The Bertz CT molecular complexity index is 599. The van der Waals surface area contributed by atoms with Crippen molar-refractivity contribution in [3.05, 3.63) is 29.8 Å². The zero-order chi connectivity index (χ0) is 19.2. The molecule has 0 aliphatic carbocycles. The van der Waals surface area contributed by atoms with Gasteiger partial charge in [-0.1, -0.05) is 12.1 Å². The number of amides is 2. The number of hydrogen-bond donors (Lipinski definition) is 1. The van der Waals surface area contributed by atoms with Crippen molar-refractivity contribution in [2.24, 2.45) is 5.92 Å². The molecule has 26 heavy (non-hydrogen) atoms. The standard InChI is InChI=1S/C20H30N2O4/c1-20(2,3)26-19(24)22-11-9-15(10-12-22)13-18(23)21-14-16-5-7-17(25-4)8-6-16/h5-8,15H,9-14H2,1-4H3,(H,21,23). The topological polar surface area (TPSA) is 67.9 Å². The molecule has 6 heteroatoms. The minimum atomic E-state index is -0.477. The Morgan fingerprint density at radius 3 is 2.31 bits per heavy atom. The normalized spacial score (nSPS) is 15.5. The van der Waals surface area contributed by atoms with E-state index in [2.05, 4.69) is 5.32 Å². The van der Waals surface area contributed by atoms with Crippen LogP contribution in [0.3, 0.4) is 0 Å². The van der Waals surface area contributed by atoms with Crippen molar-refractivity contribution in [1.82, 2.24) is 10.2 Å². The van der Waals surface area contributed by atoms with Gasteiger partial charge < -0.3 is 19.7 Å². The Morgan fingerprint density at radius 2 is 1.77 bits per heavy atom. The van der Waals surface area contributed by atoms with Crippen molar-refractivity contribution < 1.29 is 19.1 Å². The lowest BCUT2D eigenvalue weighted by atomic mass is 9.93. The summed E-state index contributed by atoms with van der Waals surface area (Å²) in [4.78, 5) is 26.0. The third-order valence-electron chi connectivity index (χ3n) is 4.39. The van der Waals surface area contributed by atoms with Crippen LogP contribution < -0.4 is 10.1 Å². The number of carbonyl (C=O) groups excluding carboxylic acids is 2. The molecular weight excluding hydrogens is 332 g/mol. The highest BCUT2D eigenvalue weighted by Crippen LogP contribution is 2.22. The van der Waals surface area contributed by atoms with Crippen molar-refractivity contribution in [2.45, 2.75) is 52.2 Å². The molecule has 1 aromatic rings. The molecule has 1 fully saturated rings. The van der Waals surface area contributed by atoms with Crippen LogP contribution in [0.2, 0.25) is 0 Å². The smallest absolute Gasteiger partial charge is 0.410 e. The fourth-order valence-corrected chi connectivity index (χ4v) is 2.92. The summed E-state index contributed by atoms with van der Waals surface area (Å²) in [6, 6.07) is 7.65. The molecule has 1 heterocycles. The molecule has 0 radical (unpaired) electrons. The van der Waals surface area contributed by atoms with Gasteiger partial charge in [-0.25, -0.2) is 4.79 Å². The van der Waals surface area contributed by atoms with Crippen LogP contribution in [0.4, 0.5) is 4.79 Å². The van der Waals surface area contributed by atoms with E-state index < -0.39 is 5.60 Å². The van der Waals surface area contributed by atoms with E-state index in [1.807, 2.05) is 45.0 Å². The molecule has 2 amide bonds. The van der Waals surface area contributed by atoms with Crippen LogP contribution in [-0.4, -0.2) is 42.7 Å². The number of methoxy groups -OCH3 is 1. The average Bonchev–Trinajstić information content (AvgIpc) is 2.59. The molecule has 1 N–H and O–H groups in total. The molecule has 0 saturated carbocycles. The first kappa shape index (κ1) is 20.1. The largest absolute Gasteiger partial charge is 0.497 e. The van der Waals surface area contributed by atoms with Crippen molar-refractivity contribution in [2.75, 3.05) is 20.2 Å². The molecule has 0 atom stereocenters. The number of carbonyl (C=O) groups is 2. The van der Waals surface area contributed by atoms with E-state index in [0.717, 1.165) is 24.2 Å². The Balaban J connectivity index is 1.69. The van der Waals surface area contributed by atoms with E-state index in [4.69, 9.17) is 9.47 Å². The van der Waals surface area contributed by atoms with E-state index in [0.29, 0.717) is 32.0 Å². The van der Waals surface area contributed by atoms with Gasteiger partial charge in [0.05, 0.1) is 7.11 Å². The molecule has 1 saturated heterocycles. The summed E-state index contributed by atoms with van der Waals surface area (Å²) in [6.07, 6.45) is 1.89. The summed E-state index contributed by atoms with van der Waals surface area (Å²) in [5, 5.41) is 2.96. The molecule has 0 aromatic heterocycles. The minimum absolute atomic E-state index is 0.0523. The van der Waals surface area contributed by atoms with Gasteiger partial charge in [0.15, 0.2) is 0 Å². The fourth-order valence-electron chi connectivity index (χ4n) is 2.92. The lowest BCUT2D eigenvalue weighted by molar-refractivity contribution is -0.122. The number of nitrogens with zero attached hydrogens (tertiary/aromatic N) is 1. The molecular formula is C20H30N2O4. The number of hydrogen-bond acceptors (Lipinski definition) is 4. The monoisotopic (exact) mass is 362 g/mol. The van der Waals surface area contributed by atoms with Gasteiger partial charge in [-0.05, 0) is 57.2 Å². The van der Waals surface area contributed by atoms with Crippen molar-refractivity contribution >= 4 is 12.0 Å². The molecule has 144 valence electrons. The zero-order valence-corrected chi connectivity index (χ0v) is 16.2. The average molecular weight is 362 g/mol. The molecule has 0 spiro atoms. The van der Waals surface area contributed by atoms with Gasteiger partial charge in [-0.3, -0.25) is 4.79 Å². The van der Waals surface area contributed by atoms with Gasteiger partial charge in [-0.15, -0.1) is 0 Å². The maximum Gasteiger partial charge on any atom is 0.410 e. The van der Waals surface area contributed by atoms with Gasteiger partial charge in [0, 0.05) is 26.1 Å². The molecule has 0 bridgehead atoms. The Labute approximate surface area is 155 Å². The van der Waals surface area contributed by atoms with Crippen LogP contribution in [0.5, 0.6) is 5.75 Å². The van der Waals surface area contributed by atoms with Crippen molar-refractivity contribution in [3.63, 3.8) is 0 Å². The Hall–Kier alpha value is -2.24. The lowest BCUT2D eigenvalue weighted by Gasteiger charge is -2.33. The highest BCUT2D eigenvalue weighted by molar-refractivity contribution is 5.76. The van der Waals surface area contributed by atoms with Crippen LogP contribution in [0, 0.1) is 5.92 Å². The highest BCUT2D eigenvalue weighted by Gasteiger charge is 2.27. The third-order valence-corrected chi connectivity index (χ3v) is 4.39. The second kappa shape index (κ2) is 8.92. The van der Waals surface area contributed by atoms with E-state index in [9.17, 15) is 9.59 Å². The first-order valence-corrected chi connectivity index (χ1v) is 9.14. The number of ether oxygens (including phenoxy) is 2. The molecule has 2 rings (SSSR count). The van der Waals surface area contributed by atoms with E-state index in [1.165, 1.54) is 0 Å². The van der Waals surface area contributed by atoms with Crippen LogP contribution in [0.1, 0.15) is 45.6 Å². The SMILES string of the molecule is COc1ccc(CNC(=O)CC2CCN(C(=O)OC(C)(C)C)CC2)cc1. The predicted molar refractivity (Wildman–Crippen MR) is 100.0 cm³/mol. The second-order valence-corrected chi connectivity index (χ2v) is 7.74. The zero-order valence-electron chi connectivity index (χ0n) is 16.2. The van der Waals surface area contributed by atoms with Crippen molar-refractivity contribution in [1.29, 1.82) is 0 Å². The Morgan fingerprint density at radius 1 is 1.15 bits per heavy atom. The maximum atomic E-state index is 12.2. The van der Waals surface area contributed by atoms with E-state index in [-0.39, 0.29) is 12.0 Å². The number of likely N-dealkylation sites (tertiary alicyclic amines) is 1. The summed E-state index contributed by atoms with van der Waals surface area (Å²) >= 11 is 0. The highest BCUT2D eigenvalue weighted by atomic mass is 16.6. The van der Waals surface area contributed by atoms with Crippen LogP contribution in [0.25, 0.3) is 0 Å². The van der Waals surface area contributed by atoms with Gasteiger partial charge in [0.1, 0.15) is 11.4 Å². The van der Waals surface area contributed by atoms with Crippen LogP contribution in [-0.2, 0) is 16.1 Å². The summed E-state index contributed by atoms with van der Waals surface area (Å²) in [7, 11) is 1.63. The second-order valence-electron chi connectivity index (χ2n) is 7.74.